The molecule has 0 spiro atoms. The molecule has 0 aliphatic carbocycles. The van der Waals surface area contributed by atoms with Gasteiger partial charge in [0.15, 0.2) is 0 Å². The lowest BCUT2D eigenvalue weighted by molar-refractivity contribution is 0.539. The van der Waals surface area contributed by atoms with Gasteiger partial charge in [-0.2, -0.15) is 0 Å². The summed E-state index contributed by atoms with van der Waals surface area (Å²) in [6.07, 6.45) is 2.12. The molecule has 0 aliphatic heterocycles. The highest BCUT2D eigenvalue weighted by molar-refractivity contribution is 9.10. The number of halogens is 1. The Morgan fingerprint density at radius 3 is 2.61 bits per heavy atom. The lowest BCUT2D eigenvalue weighted by atomic mass is 9.98. The van der Waals surface area contributed by atoms with Crippen LogP contribution in [0.3, 0.4) is 0 Å². The van der Waals surface area contributed by atoms with Crippen molar-refractivity contribution in [2.75, 3.05) is 0 Å². The molecule has 3 heteroatoms. The molecule has 2 rings (SSSR count). The van der Waals surface area contributed by atoms with Gasteiger partial charge in [0.1, 0.15) is 11.3 Å². The molecule has 2 aromatic rings. The van der Waals surface area contributed by atoms with Crippen LogP contribution in [0.4, 0.5) is 0 Å². The first kappa shape index (κ1) is 13.6. The lowest BCUT2D eigenvalue weighted by Gasteiger charge is -2.07. The van der Waals surface area contributed by atoms with Crippen molar-refractivity contribution in [3.8, 4) is 0 Å². The van der Waals surface area contributed by atoms with E-state index in [2.05, 4.69) is 48.8 Å². The van der Waals surface area contributed by atoms with E-state index in [9.17, 15) is 0 Å². The van der Waals surface area contributed by atoms with Crippen molar-refractivity contribution in [2.45, 2.75) is 46.1 Å². The molecular weight excluding hydrogens is 290 g/mol. The average molecular weight is 310 g/mol. The van der Waals surface area contributed by atoms with Crippen LogP contribution in [-0.4, -0.2) is 0 Å². The van der Waals surface area contributed by atoms with Crippen LogP contribution in [-0.2, 0) is 13.0 Å². The molecule has 0 unspecified atom stereocenters. The summed E-state index contributed by atoms with van der Waals surface area (Å²) in [6.45, 7) is 7.02. The Morgan fingerprint density at radius 1 is 1.33 bits per heavy atom. The number of hydrogen-bond donors (Lipinski definition) is 1. The zero-order valence-electron chi connectivity index (χ0n) is 11.2. The summed E-state index contributed by atoms with van der Waals surface area (Å²) >= 11 is 3.60. The largest absolute Gasteiger partial charge is 0.459 e. The van der Waals surface area contributed by atoms with E-state index in [0.29, 0.717) is 12.5 Å². The van der Waals surface area contributed by atoms with Crippen LogP contribution in [0.1, 0.15) is 50.0 Å². The van der Waals surface area contributed by atoms with Crippen molar-refractivity contribution in [2.24, 2.45) is 5.73 Å². The summed E-state index contributed by atoms with van der Waals surface area (Å²) in [4.78, 5) is 0. The van der Waals surface area contributed by atoms with Gasteiger partial charge in [0, 0.05) is 15.4 Å². The van der Waals surface area contributed by atoms with Gasteiger partial charge in [0.2, 0.25) is 0 Å². The first-order valence-corrected chi connectivity index (χ1v) is 7.31. The lowest BCUT2D eigenvalue weighted by Crippen LogP contribution is -1.98. The molecule has 0 saturated carbocycles. The fourth-order valence-corrected chi connectivity index (χ4v) is 2.88. The summed E-state index contributed by atoms with van der Waals surface area (Å²) in [5, 5.41) is 1.22. The molecule has 0 atom stereocenters. The highest BCUT2D eigenvalue weighted by Crippen LogP contribution is 2.35. The van der Waals surface area contributed by atoms with E-state index < -0.39 is 0 Å². The van der Waals surface area contributed by atoms with Gasteiger partial charge in [0.25, 0.3) is 0 Å². The van der Waals surface area contributed by atoms with Crippen molar-refractivity contribution in [1.29, 1.82) is 0 Å². The topological polar surface area (TPSA) is 39.2 Å². The molecule has 0 amide bonds. The van der Waals surface area contributed by atoms with Crippen LogP contribution in [0.2, 0.25) is 0 Å². The molecule has 0 aliphatic rings. The van der Waals surface area contributed by atoms with Gasteiger partial charge in [-0.15, -0.1) is 0 Å². The van der Waals surface area contributed by atoms with Crippen molar-refractivity contribution in [3.63, 3.8) is 0 Å². The van der Waals surface area contributed by atoms with E-state index >= 15 is 0 Å². The molecule has 2 N–H and O–H groups in total. The summed E-state index contributed by atoms with van der Waals surface area (Å²) in [5.41, 5.74) is 9.34. The fourth-order valence-electron chi connectivity index (χ4n) is 2.41. The van der Waals surface area contributed by atoms with Crippen LogP contribution in [0, 0.1) is 0 Å². The summed E-state index contributed by atoms with van der Waals surface area (Å²) in [6, 6.07) is 4.29. The van der Waals surface area contributed by atoms with Crippen LogP contribution in [0.25, 0.3) is 11.0 Å². The molecule has 1 aromatic heterocycles. The fraction of sp³-hybridized carbons (Fsp3) is 0.467. The summed E-state index contributed by atoms with van der Waals surface area (Å²) in [5.74, 6) is 1.38. The van der Waals surface area contributed by atoms with Crippen LogP contribution in [0.5, 0.6) is 0 Å². The molecule has 0 saturated heterocycles. The number of benzene rings is 1. The Bertz CT molecular complexity index is 557. The van der Waals surface area contributed by atoms with Crippen molar-refractivity contribution in [3.05, 3.63) is 33.5 Å². The SMILES string of the molecule is CCCc1c(CN)oc2c(C(C)C)cc(Br)cc12. The Morgan fingerprint density at radius 2 is 2.06 bits per heavy atom. The van der Waals surface area contributed by atoms with E-state index in [1.807, 2.05) is 0 Å². The third-order valence-corrected chi connectivity index (χ3v) is 3.73. The molecule has 1 heterocycles. The normalized spacial score (nSPS) is 11.7. The third kappa shape index (κ3) is 2.34. The molecule has 2 nitrogen and oxygen atoms in total. The first-order chi connectivity index (χ1) is 8.58. The minimum Gasteiger partial charge on any atom is -0.459 e. The molecule has 1 aromatic carbocycles. The van der Waals surface area contributed by atoms with E-state index in [1.54, 1.807) is 0 Å². The zero-order valence-corrected chi connectivity index (χ0v) is 12.8. The molecular formula is C15H20BrNO. The van der Waals surface area contributed by atoms with Crippen LogP contribution in [0.15, 0.2) is 21.0 Å². The minimum atomic E-state index is 0.441. The Kier molecular flexibility index (Phi) is 4.13. The Labute approximate surface area is 117 Å². The zero-order chi connectivity index (χ0) is 13.3. The van der Waals surface area contributed by atoms with E-state index in [1.165, 1.54) is 16.5 Å². The number of furan rings is 1. The first-order valence-electron chi connectivity index (χ1n) is 6.52. The van der Waals surface area contributed by atoms with Gasteiger partial charge in [-0.3, -0.25) is 0 Å². The predicted molar refractivity (Wildman–Crippen MR) is 79.9 cm³/mol. The van der Waals surface area contributed by atoms with Gasteiger partial charge in [-0.05, 0) is 30.0 Å². The molecule has 18 heavy (non-hydrogen) atoms. The minimum absolute atomic E-state index is 0.441. The maximum atomic E-state index is 6.00. The quantitative estimate of drug-likeness (QED) is 0.886. The maximum absolute atomic E-state index is 6.00. The molecule has 0 fully saturated rings. The third-order valence-electron chi connectivity index (χ3n) is 3.28. The van der Waals surface area contributed by atoms with Gasteiger partial charge >= 0.3 is 0 Å². The van der Waals surface area contributed by atoms with Crippen molar-refractivity contribution >= 4 is 26.9 Å². The number of fused-ring (bicyclic) bond motifs is 1. The van der Waals surface area contributed by atoms with Crippen molar-refractivity contribution < 1.29 is 4.42 Å². The van der Waals surface area contributed by atoms with Gasteiger partial charge in [-0.25, -0.2) is 0 Å². The summed E-state index contributed by atoms with van der Waals surface area (Å²) in [7, 11) is 0. The average Bonchev–Trinajstić information content (AvgIpc) is 2.67. The molecule has 0 bridgehead atoms. The summed E-state index contributed by atoms with van der Waals surface area (Å²) < 4.78 is 7.11. The highest BCUT2D eigenvalue weighted by atomic mass is 79.9. The highest BCUT2D eigenvalue weighted by Gasteiger charge is 2.17. The van der Waals surface area contributed by atoms with Gasteiger partial charge in [0.05, 0.1) is 6.54 Å². The standard InChI is InChI=1S/C15H20BrNO/c1-4-5-11-13-7-10(16)6-12(9(2)3)15(13)18-14(11)8-17/h6-7,9H,4-5,8,17H2,1-3H3. The van der Waals surface area contributed by atoms with E-state index in [4.69, 9.17) is 10.2 Å². The van der Waals surface area contributed by atoms with E-state index in [-0.39, 0.29) is 0 Å². The van der Waals surface area contributed by atoms with Crippen molar-refractivity contribution in [1.82, 2.24) is 0 Å². The molecule has 0 radical (unpaired) electrons. The molecule has 98 valence electrons. The van der Waals surface area contributed by atoms with Gasteiger partial charge < -0.3 is 10.2 Å². The second kappa shape index (κ2) is 5.45. The second-order valence-electron chi connectivity index (χ2n) is 4.98. The predicted octanol–water partition coefficient (Wildman–Crippen LogP) is 4.73. The van der Waals surface area contributed by atoms with Gasteiger partial charge in [-0.1, -0.05) is 43.1 Å². The second-order valence-corrected chi connectivity index (χ2v) is 5.90. The van der Waals surface area contributed by atoms with Crippen LogP contribution < -0.4 is 5.73 Å². The van der Waals surface area contributed by atoms with E-state index in [0.717, 1.165) is 28.7 Å². The maximum Gasteiger partial charge on any atom is 0.138 e. The number of aryl methyl sites for hydroxylation is 1. The number of nitrogens with two attached hydrogens (primary N) is 1. The number of rotatable bonds is 4. The smallest absolute Gasteiger partial charge is 0.138 e. The number of hydrogen-bond acceptors (Lipinski definition) is 2. The monoisotopic (exact) mass is 309 g/mol. The Balaban J connectivity index is 2.75. The van der Waals surface area contributed by atoms with Crippen LogP contribution >= 0.6 is 15.9 Å². The Hall–Kier alpha value is -0.800.